The molecule has 0 radical (unpaired) electrons. The maximum Gasteiger partial charge on any atom is 0.0224 e. The molecule has 0 aromatic heterocycles. The average Bonchev–Trinajstić information content (AvgIpc) is 1.68. The van der Waals surface area contributed by atoms with Gasteiger partial charge in [-0.25, -0.2) is 0 Å². The lowest BCUT2D eigenvalue weighted by atomic mass is 10.1. The molecule has 0 bridgehead atoms. The van der Waals surface area contributed by atoms with E-state index in [9.17, 15) is 0 Å². The molecule has 8 heavy (non-hydrogen) atoms. The van der Waals surface area contributed by atoms with E-state index in [1.807, 2.05) is 0 Å². The minimum atomic E-state index is 0. The summed E-state index contributed by atoms with van der Waals surface area (Å²) < 4.78 is 0.396. The molecular formula is C6H16BrN. The van der Waals surface area contributed by atoms with E-state index in [1.54, 1.807) is 0 Å². The van der Waals surface area contributed by atoms with Gasteiger partial charge < -0.3 is 6.15 Å². The van der Waals surface area contributed by atoms with Gasteiger partial charge in [0.2, 0.25) is 0 Å². The van der Waals surface area contributed by atoms with Crippen molar-refractivity contribution >= 4 is 15.9 Å². The standard InChI is InChI=1S/C6H13Br.H3N/c1-4-6(3,7)5-2;/h4-5H2,1-3H3;1H3. The van der Waals surface area contributed by atoms with Crippen LogP contribution in [0.4, 0.5) is 0 Å². The highest BCUT2D eigenvalue weighted by Gasteiger charge is 2.12. The molecule has 52 valence electrons. The third-order valence-electron chi connectivity index (χ3n) is 1.47. The fourth-order valence-corrected chi connectivity index (χ4v) is 0.250. The SMILES string of the molecule is CCC(C)(Br)CC.N. The molecule has 0 aliphatic rings. The first-order valence-corrected chi connectivity index (χ1v) is 3.60. The van der Waals surface area contributed by atoms with Crippen LogP contribution in [0, 0.1) is 0 Å². The first-order chi connectivity index (χ1) is 3.12. The summed E-state index contributed by atoms with van der Waals surface area (Å²) in [6.45, 7) is 6.60. The van der Waals surface area contributed by atoms with Crippen molar-refractivity contribution in [1.82, 2.24) is 6.15 Å². The molecular weight excluding hydrogens is 166 g/mol. The molecule has 0 aliphatic carbocycles. The zero-order chi connectivity index (χ0) is 5.91. The summed E-state index contributed by atoms with van der Waals surface area (Å²) in [4.78, 5) is 0. The van der Waals surface area contributed by atoms with E-state index in [1.165, 1.54) is 12.8 Å². The van der Waals surface area contributed by atoms with Gasteiger partial charge in [0.15, 0.2) is 0 Å². The summed E-state index contributed by atoms with van der Waals surface area (Å²) in [5.41, 5.74) is 0. The molecule has 0 aromatic rings. The number of alkyl halides is 1. The van der Waals surface area contributed by atoms with Crippen LogP contribution in [0.3, 0.4) is 0 Å². The average molecular weight is 182 g/mol. The number of rotatable bonds is 2. The van der Waals surface area contributed by atoms with Crippen molar-refractivity contribution in [2.45, 2.75) is 37.9 Å². The molecule has 0 rings (SSSR count). The third-order valence-corrected chi connectivity index (χ3v) is 2.60. The van der Waals surface area contributed by atoms with Crippen molar-refractivity contribution in [3.63, 3.8) is 0 Å². The molecule has 0 saturated carbocycles. The molecule has 3 N–H and O–H groups in total. The van der Waals surface area contributed by atoms with Crippen LogP contribution in [0.15, 0.2) is 0 Å². The number of halogens is 1. The van der Waals surface area contributed by atoms with Crippen molar-refractivity contribution in [3.05, 3.63) is 0 Å². The number of hydrogen-bond donors (Lipinski definition) is 1. The van der Waals surface area contributed by atoms with E-state index in [0.717, 1.165) is 0 Å². The normalized spacial score (nSPS) is 10.5. The summed E-state index contributed by atoms with van der Waals surface area (Å²) >= 11 is 3.58. The van der Waals surface area contributed by atoms with Crippen molar-refractivity contribution in [3.8, 4) is 0 Å². The molecule has 0 saturated heterocycles. The Balaban J connectivity index is 0. The summed E-state index contributed by atoms with van der Waals surface area (Å²) in [6.07, 6.45) is 2.42. The van der Waals surface area contributed by atoms with Crippen LogP contribution >= 0.6 is 15.9 Å². The quantitative estimate of drug-likeness (QED) is 0.654. The molecule has 0 heterocycles. The molecule has 0 unspecified atom stereocenters. The van der Waals surface area contributed by atoms with Crippen LogP contribution in [-0.2, 0) is 0 Å². The molecule has 0 fully saturated rings. The van der Waals surface area contributed by atoms with Crippen LogP contribution in [-0.4, -0.2) is 4.32 Å². The predicted molar refractivity (Wildman–Crippen MR) is 42.9 cm³/mol. The Bertz CT molecular complexity index is 46.5. The summed E-state index contributed by atoms with van der Waals surface area (Å²) in [7, 11) is 0. The highest BCUT2D eigenvalue weighted by atomic mass is 79.9. The second-order valence-corrected chi connectivity index (χ2v) is 4.03. The Hall–Kier alpha value is 0.440. The van der Waals surface area contributed by atoms with Gasteiger partial charge in [0.25, 0.3) is 0 Å². The maximum atomic E-state index is 3.58. The molecule has 0 aliphatic heterocycles. The second kappa shape index (κ2) is 4.33. The van der Waals surface area contributed by atoms with Gasteiger partial charge in [-0.3, -0.25) is 0 Å². The Kier molecular flexibility index (Phi) is 6.10. The molecule has 0 atom stereocenters. The topological polar surface area (TPSA) is 35.0 Å². The van der Waals surface area contributed by atoms with Gasteiger partial charge >= 0.3 is 0 Å². The molecule has 0 spiro atoms. The van der Waals surface area contributed by atoms with Gasteiger partial charge in [-0.1, -0.05) is 29.8 Å². The van der Waals surface area contributed by atoms with Crippen molar-refractivity contribution in [1.29, 1.82) is 0 Å². The van der Waals surface area contributed by atoms with E-state index >= 15 is 0 Å². The minimum Gasteiger partial charge on any atom is -0.344 e. The van der Waals surface area contributed by atoms with Crippen molar-refractivity contribution in [2.75, 3.05) is 0 Å². The van der Waals surface area contributed by atoms with Gasteiger partial charge in [0, 0.05) is 4.32 Å². The molecule has 1 nitrogen and oxygen atoms in total. The Morgan fingerprint density at radius 1 is 1.25 bits per heavy atom. The van der Waals surface area contributed by atoms with Crippen LogP contribution < -0.4 is 6.15 Å². The van der Waals surface area contributed by atoms with Gasteiger partial charge in [-0.15, -0.1) is 0 Å². The van der Waals surface area contributed by atoms with Gasteiger partial charge in [0.1, 0.15) is 0 Å². The smallest absolute Gasteiger partial charge is 0.0224 e. The zero-order valence-electron chi connectivity index (χ0n) is 6.00. The largest absolute Gasteiger partial charge is 0.344 e. The Morgan fingerprint density at radius 2 is 1.50 bits per heavy atom. The third kappa shape index (κ3) is 4.60. The predicted octanol–water partition coefficient (Wildman–Crippen LogP) is 3.12. The summed E-state index contributed by atoms with van der Waals surface area (Å²) in [5, 5.41) is 0. The summed E-state index contributed by atoms with van der Waals surface area (Å²) in [6, 6.07) is 0. The highest BCUT2D eigenvalue weighted by molar-refractivity contribution is 9.10. The fourth-order valence-electron chi connectivity index (χ4n) is 0.250. The van der Waals surface area contributed by atoms with Crippen molar-refractivity contribution < 1.29 is 0 Å². The van der Waals surface area contributed by atoms with E-state index in [2.05, 4.69) is 36.7 Å². The van der Waals surface area contributed by atoms with Crippen LogP contribution in [0.5, 0.6) is 0 Å². The second-order valence-electron chi connectivity index (χ2n) is 2.12. The van der Waals surface area contributed by atoms with E-state index in [4.69, 9.17) is 0 Å². The lowest BCUT2D eigenvalue weighted by molar-refractivity contribution is 0.614. The highest BCUT2D eigenvalue weighted by Crippen LogP contribution is 2.24. The monoisotopic (exact) mass is 181 g/mol. The van der Waals surface area contributed by atoms with Crippen LogP contribution in [0.25, 0.3) is 0 Å². The molecule has 2 heteroatoms. The lowest BCUT2D eigenvalue weighted by Crippen LogP contribution is -2.10. The fraction of sp³-hybridized carbons (Fsp3) is 1.00. The van der Waals surface area contributed by atoms with Crippen LogP contribution in [0.2, 0.25) is 0 Å². The van der Waals surface area contributed by atoms with E-state index < -0.39 is 0 Å². The number of hydrogen-bond acceptors (Lipinski definition) is 1. The van der Waals surface area contributed by atoms with Crippen LogP contribution in [0.1, 0.15) is 33.6 Å². The van der Waals surface area contributed by atoms with Gasteiger partial charge in [0.05, 0.1) is 0 Å². The maximum absolute atomic E-state index is 3.58. The Labute approximate surface area is 60.6 Å². The molecule has 0 aromatic carbocycles. The Morgan fingerprint density at radius 3 is 1.50 bits per heavy atom. The summed E-state index contributed by atoms with van der Waals surface area (Å²) in [5.74, 6) is 0. The van der Waals surface area contributed by atoms with E-state index in [-0.39, 0.29) is 6.15 Å². The molecule has 0 amide bonds. The van der Waals surface area contributed by atoms with Crippen molar-refractivity contribution in [2.24, 2.45) is 0 Å². The first kappa shape index (κ1) is 11.3. The zero-order valence-corrected chi connectivity index (χ0v) is 7.59. The van der Waals surface area contributed by atoms with E-state index in [0.29, 0.717) is 4.32 Å². The van der Waals surface area contributed by atoms with Gasteiger partial charge in [-0.05, 0) is 19.8 Å². The first-order valence-electron chi connectivity index (χ1n) is 2.81. The van der Waals surface area contributed by atoms with Gasteiger partial charge in [-0.2, -0.15) is 0 Å². The minimum absolute atomic E-state index is 0. The lowest BCUT2D eigenvalue weighted by Gasteiger charge is -2.16.